The number of amides is 1. The first-order valence-electron chi connectivity index (χ1n) is 7.79. The summed E-state index contributed by atoms with van der Waals surface area (Å²) in [6.45, 7) is 2.85. The smallest absolute Gasteiger partial charge is 0.471 e. The van der Waals surface area contributed by atoms with Gasteiger partial charge in [0.2, 0.25) is 11.9 Å². The number of nitrogens with zero attached hydrogens (tertiary/aromatic N) is 3. The van der Waals surface area contributed by atoms with Crippen LogP contribution in [0.2, 0.25) is 0 Å². The number of oxime groups is 1. The highest BCUT2D eigenvalue weighted by atomic mass is 19.4. The van der Waals surface area contributed by atoms with Crippen molar-refractivity contribution in [2.75, 3.05) is 6.54 Å². The molecule has 2 rings (SSSR count). The molecule has 0 spiro atoms. The van der Waals surface area contributed by atoms with Crippen molar-refractivity contribution in [1.29, 1.82) is 0 Å². The van der Waals surface area contributed by atoms with Gasteiger partial charge in [-0.05, 0) is 26.0 Å². The monoisotopic (exact) mass is 400 g/mol. The maximum Gasteiger partial charge on any atom is 0.471 e. The Kier molecular flexibility index (Phi) is 6.33. The minimum absolute atomic E-state index is 0.00665. The Hall–Kier alpha value is -3.44. The summed E-state index contributed by atoms with van der Waals surface area (Å²) >= 11 is 0. The van der Waals surface area contributed by atoms with E-state index in [2.05, 4.69) is 25.1 Å². The van der Waals surface area contributed by atoms with Gasteiger partial charge in [-0.15, -0.1) is 0 Å². The second-order valence-corrected chi connectivity index (χ2v) is 5.59. The van der Waals surface area contributed by atoms with E-state index in [-0.39, 0.29) is 23.5 Å². The van der Waals surface area contributed by atoms with Gasteiger partial charge < -0.3 is 19.8 Å². The molecule has 1 atom stereocenters. The van der Waals surface area contributed by atoms with E-state index in [0.29, 0.717) is 5.71 Å². The first kappa shape index (κ1) is 20.9. The van der Waals surface area contributed by atoms with Gasteiger partial charge in [-0.1, -0.05) is 22.4 Å². The number of hydrogen-bond acceptors (Lipinski definition) is 7. The maximum atomic E-state index is 12.5. The van der Waals surface area contributed by atoms with Crippen LogP contribution in [-0.2, 0) is 15.8 Å². The van der Waals surface area contributed by atoms with Crippen LogP contribution < -0.4 is 5.32 Å². The van der Waals surface area contributed by atoms with E-state index >= 15 is 0 Å². The first-order chi connectivity index (χ1) is 13.1. The molecule has 28 heavy (non-hydrogen) atoms. The zero-order chi connectivity index (χ0) is 20.9. The number of rotatable bonds is 7. The molecule has 2 N–H and O–H groups in total. The molecule has 150 valence electrons. The fraction of sp³-hybridized carbons (Fsp3) is 0.312. The lowest BCUT2D eigenvalue weighted by atomic mass is 10.1. The average molecular weight is 400 g/mol. The molecule has 0 saturated heterocycles. The summed E-state index contributed by atoms with van der Waals surface area (Å²) in [7, 11) is 0. The van der Waals surface area contributed by atoms with Crippen molar-refractivity contribution in [1.82, 2.24) is 15.5 Å². The van der Waals surface area contributed by atoms with E-state index in [4.69, 9.17) is 9.94 Å². The van der Waals surface area contributed by atoms with Crippen LogP contribution in [0.15, 0.2) is 33.9 Å². The lowest BCUT2D eigenvalue weighted by Gasteiger charge is -2.07. The summed E-state index contributed by atoms with van der Waals surface area (Å²) in [5.74, 6) is -3.37. The van der Waals surface area contributed by atoms with Gasteiger partial charge in [0.25, 0.3) is 5.91 Å². The summed E-state index contributed by atoms with van der Waals surface area (Å²) in [4.78, 5) is 30.7. The van der Waals surface area contributed by atoms with Crippen LogP contribution in [0.5, 0.6) is 0 Å². The van der Waals surface area contributed by atoms with Gasteiger partial charge in [-0.25, -0.2) is 4.79 Å². The second-order valence-electron chi connectivity index (χ2n) is 5.59. The molecule has 1 amide bonds. The maximum absolute atomic E-state index is 12.5. The number of carbonyl (C=O) groups excluding carboxylic acids is 1. The van der Waals surface area contributed by atoms with Crippen molar-refractivity contribution in [3.8, 4) is 11.4 Å². The lowest BCUT2D eigenvalue weighted by Crippen LogP contribution is -2.29. The molecule has 0 bridgehead atoms. The molecule has 0 aliphatic rings. The Morgan fingerprint density at radius 2 is 1.96 bits per heavy atom. The molecule has 0 fully saturated rings. The Morgan fingerprint density at radius 1 is 1.32 bits per heavy atom. The summed E-state index contributed by atoms with van der Waals surface area (Å²) in [5.41, 5.74) is 0.810. The molecule has 1 aromatic carbocycles. The number of nitrogens with one attached hydrogen (secondary N) is 1. The van der Waals surface area contributed by atoms with E-state index in [1.807, 2.05) is 0 Å². The van der Waals surface area contributed by atoms with Crippen molar-refractivity contribution < 1.29 is 37.2 Å². The SMILES string of the molecule is CC(CNC(=O)c1ccc(-c2noc(C(F)(F)F)n2)cc1)=NO[C@@H](C)C(=O)O. The second kappa shape index (κ2) is 8.50. The molecule has 0 unspecified atom stereocenters. The van der Waals surface area contributed by atoms with Crippen molar-refractivity contribution in [2.24, 2.45) is 5.16 Å². The van der Waals surface area contributed by atoms with Crippen molar-refractivity contribution in [3.05, 3.63) is 35.7 Å². The molecule has 0 radical (unpaired) electrons. The third kappa shape index (κ3) is 5.53. The van der Waals surface area contributed by atoms with Crippen LogP contribution in [0.1, 0.15) is 30.1 Å². The van der Waals surface area contributed by atoms with Crippen molar-refractivity contribution in [2.45, 2.75) is 26.1 Å². The van der Waals surface area contributed by atoms with Gasteiger partial charge in [-0.2, -0.15) is 18.2 Å². The van der Waals surface area contributed by atoms with E-state index in [1.54, 1.807) is 0 Å². The predicted octanol–water partition coefficient (Wildman–Crippen LogP) is 2.35. The molecule has 1 aromatic heterocycles. The first-order valence-corrected chi connectivity index (χ1v) is 7.79. The fourth-order valence-corrected chi connectivity index (χ4v) is 1.78. The van der Waals surface area contributed by atoms with E-state index in [9.17, 15) is 22.8 Å². The molecule has 9 nitrogen and oxygen atoms in total. The number of carboxylic acid groups (broad SMARTS) is 1. The minimum atomic E-state index is -4.74. The Labute approximate surface area is 156 Å². The van der Waals surface area contributed by atoms with Crippen LogP contribution in [0.25, 0.3) is 11.4 Å². The number of carboxylic acids is 1. The molecule has 12 heteroatoms. The number of aromatic nitrogens is 2. The van der Waals surface area contributed by atoms with Gasteiger partial charge in [0.15, 0.2) is 0 Å². The van der Waals surface area contributed by atoms with Crippen molar-refractivity contribution in [3.63, 3.8) is 0 Å². The van der Waals surface area contributed by atoms with Gasteiger partial charge in [0.05, 0.1) is 12.3 Å². The van der Waals surface area contributed by atoms with Gasteiger partial charge in [0.1, 0.15) is 0 Å². The number of halogens is 3. The molecule has 0 saturated carbocycles. The zero-order valence-corrected chi connectivity index (χ0v) is 14.6. The van der Waals surface area contributed by atoms with Gasteiger partial charge in [-0.3, -0.25) is 4.79 Å². The van der Waals surface area contributed by atoms with E-state index in [0.717, 1.165) is 0 Å². The van der Waals surface area contributed by atoms with Crippen LogP contribution >= 0.6 is 0 Å². The average Bonchev–Trinajstić information content (AvgIpc) is 3.14. The predicted molar refractivity (Wildman–Crippen MR) is 88.4 cm³/mol. The lowest BCUT2D eigenvalue weighted by molar-refractivity contribution is -0.159. The highest BCUT2D eigenvalue weighted by molar-refractivity contribution is 5.97. The van der Waals surface area contributed by atoms with Crippen LogP contribution in [0.3, 0.4) is 0 Å². The van der Waals surface area contributed by atoms with Crippen LogP contribution in [0, 0.1) is 0 Å². The minimum Gasteiger partial charge on any atom is -0.478 e. The quantitative estimate of drug-likeness (QED) is 0.539. The number of alkyl halides is 3. The molecule has 0 aliphatic carbocycles. The number of hydrogen-bond donors (Lipinski definition) is 2. The third-order valence-corrected chi connectivity index (χ3v) is 3.29. The highest BCUT2D eigenvalue weighted by Gasteiger charge is 2.38. The number of carbonyl (C=O) groups is 2. The third-order valence-electron chi connectivity index (χ3n) is 3.29. The van der Waals surface area contributed by atoms with E-state index < -0.39 is 30.0 Å². The summed E-state index contributed by atoms with van der Waals surface area (Å²) < 4.78 is 41.6. The Balaban J connectivity index is 1.95. The summed E-state index contributed by atoms with van der Waals surface area (Å²) in [6.07, 6.45) is -5.86. The van der Waals surface area contributed by atoms with Crippen molar-refractivity contribution >= 4 is 17.6 Å². The summed E-state index contributed by atoms with van der Waals surface area (Å²) in [5, 5.41) is 18.1. The molecular formula is C16H15F3N4O5. The molecule has 0 aliphatic heterocycles. The molecule has 2 aromatic rings. The topological polar surface area (TPSA) is 127 Å². The van der Waals surface area contributed by atoms with Crippen LogP contribution in [-0.4, -0.2) is 45.5 Å². The molecule has 1 heterocycles. The normalized spacial score (nSPS) is 13.1. The number of aliphatic carboxylic acids is 1. The summed E-state index contributed by atoms with van der Waals surface area (Å²) in [6, 6.07) is 5.50. The highest BCUT2D eigenvalue weighted by Crippen LogP contribution is 2.29. The van der Waals surface area contributed by atoms with Crippen LogP contribution in [0.4, 0.5) is 13.2 Å². The standard InChI is InChI=1S/C16H15F3N4O5/c1-8(22-27-9(2)14(25)26)7-20-13(24)11-5-3-10(4-6-11)12-21-15(28-23-12)16(17,18)19/h3-6,9H,7H2,1-2H3,(H,20,24)(H,25,26)/t9-/m0/s1. The largest absolute Gasteiger partial charge is 0.478 e. The van der Waals surface area contributed by atoms with E-state index in [1.165, 1.54) is 38.1 Å². The van der Waals surface area contributed by atoms with Gasteiger partial charge >= 0.3 is 18.0 Å². The fourth-order valence-electron chi connectivity index (χ4n) is 1.78. The molecular weight excluding hydrogens is 385 g/mol. The number of benzene rings is 1. The Morgan fingerprint density at radius 3 is 2.50 bits per heavy atom. The zero-order valence-electron chi connectivity index (χ0n) is 14.6. The Bertz CT molecular complexity index is 877. The van der Waals surface area contributed by atoms with Gasteiger partial charge in [0, 0.05) is 11.1 Å².